The minimum Gasteiger partial charge on any atom is -0.389 e. The van der Waals surface area contributed by atoms with Gasteiger partial charge in [0.1, 0.15) is 16.6 Å². The van der Waals surface area contributed by atoms with E-state index in [0.29, 0.717) is 5.57 Å². The molecule has 2 N–H and O–H groups in total. The summed E-state index contributed by atoms with van der Waals surface area (Å²) in [6.45, 7) is 3.95. The van der Waals surface area contributed by atoms with E-state index in [9.17, 15) is 0 Å². The Morgan fingerprint density at radius 2 is 1.93 bits per heavy atom. The average molecular weight is 209 g/mol. The van der Waals surface area contributed by atoms with Gasteiger partial charge in [0, 0.05) is 18.8 Å². The number of nitriles is 1. The first-order chi connectivity index (χ1) is 6.66. The molecule has 1 saturated heterocycles. The summed E-state index contributed by atoms with van der Waals surface area (Å²) in [7, 11) is 0. The van der Waals surface area contributed by atoms with Crippen LogP contribution in [0.4, 0.5) is 0 Å². The molecule has 1 aliphatic heterocycles. The van der Waals surface area contributed by atoms with E-state index < -0.39 is 0 Å². The van der Waals surface area contributed by atoms with Gasteiger partial charge in [-0.05, 0) is 26.2 Å². The Balaban J connectivity index is 2.83. The topological polar surface area (TPSA) is 53.1 Å². The van der Waals surface area contributed by atoms with Gasteiger partial charge in [-0.15, -0.1) is 0 Å². The molecule has 0 saturated carbocycles. The largest absolute Gasteiger partial charge is 0.389 e. The lowest BCUT2D eigenvalue weighted by Gasteiger charge is -2.29. The van der Waals surface area contributed by atoms with Crippen molar-refractivity contribution >= 4 is 17.2 Å². The lowest BCUT2D eigenvalue weighted by Crippen LogP contribution is -2.30. The van der Waals surface area contributed by atoms with Crippen LogP contribution in [0.5, 0.6) is 0 Å². The molecule has 1 rings (SSSR count). The van der Waals surface area contributed by atoms with Crippen LogP contribution < -0.4 is 5.73 Å². The molecule has 0 bridgehead atoms. The Morgan fingerprint density at radius 3 is 2.36 bits per heavy atom. The SMILES string of the molecule is C/C(=C(/C#N)C(N)=S)N1CCCCC1. The molecule has 0 spiro atoms. The van der Waals surface area contributed by atoms with Crippen molar-refractivity contribution in [1.82, 2.24) is 4.90 Å². The summed E-state index contributed by atoms with van der Waals surface area (Å²) < 4.78 is 0. The summed E-state index contributed by atoms with van der Waals surface area (Å²) in [4.78, 5) is 2.40. The van der Waals surface area contributed by atoms with Gasteiger partial charge in [-0.3, -0.25) is 0 Å². The molecule has 0 amide bonds. The summed E-state index contributed by atoms with van der Waals surface area (Å²) in [6, 6.07) is 2.07. The quantitative estimate of drug-likeness (QED) is 0.426. The molecule has 76 valence electrons. The molecule has 4 heteroatoms. The maximum Gasteiger partial charge on any atom is 0.116 e. The highest BCUT2D eigenvalue weighted by atomic mass is 32.1. The van der Waals surface area contributed by atoms with Crippen LogP contribution in [0.15, 0.2) is 11.3 Å². The van der Waals surface area contributed by atoms with Crippen LogP contribution in [0.3, 0.4) is 0 Å². The molecule has 0 aromatic rings. The second-order valence-corrected chi connectivity index (χ2v) is 3.92. The van der Waals surface area contributed by atoms with Crippen LogP contribution in [-0.2, 0) is 0 Å². The van der Waals surface area contributed by atoms with Crippen LogP contribution >= 0.6 is 12.2 Å². The smallest absolute Gasteiger partial charge is 0.116 e. The Kier molecular flexibility index (Phi) is 3.90. The number of allylic oxidation sites excluding steroid dienone is 1. The molecule has 0 unspecified atom stereocenters. The summed E-state index contributed by atoms with van der Waals surface area (Å²) in [5.41, 5.74) is 6.87. The normalized spacial score (nSPS) is 18.4. The molecular weight excluding hydrogens is 194 g/mol. The van der Waals surface area contributed by atoms with Crippen molar-refractivity contribution in [2.75, 3.05) is 13.1 Å². The van der Waals surface area contributed by atoms with E-state index in [0.717, 1.165) is 18.8 Å². The monoisotopic (exact) mass is 209 g/mol. The minimum absolute atomic E-state index is 0.204. The summed E-state index contributed by atoms with van der Waals surface area (Å²) in [5.74, 6) is 0. The highest BCUT2D eigenvalue weighted by Crippen LogP contribution is 2.17. The maximum atomic E-state index is 8.90. The van der Waals surface area contributed by atoms with Gasteiger partial charge in [-0.1, -0.05) is 12.2 Å². The highest BCUT2D eigenvalue weighted by Gasteiger charge is 2.14. The fourth-order valence-corrected chi connectivity index (χ4v) is 1.90. The number of rotatable bonds is 2. The van der Waals surface area contributed by atoms with Gasteiger partial charge in [0.25, 0.3) is 0 Å². The summed E-state index contributed by atoms with van der Waals surface area (Å²) >= 11 is 4.83. The average Bonchev–Trinajstić information content (AvgIpc) is 2.19. The number of nitrogens with two attached hydrogens (primary N) is 1. The van der Waals surface area contributed by atoms with Crippen molar-refractivity contribution in [3.63, 3.8) is 0 Å². The van der Waals surface area contributed by atoms with Crippen molar-refractivity contribution in [2.24, 2.45) is 5.73 Å². The van der Waals surface area contributed by atoms with E-state index in [-0.39, 0.29) is 4.99 Å². The molecule has 1 fully saturated rings. The standard InChI is InChI=1S/C10H15N3S/c1-8(9(7-11)10(12)14)13-5-3-2-4-6-13/h2-6H2,1H3,(H2,12,14)/b9-8+. The van der Waals surface area contributed by atoms with Gasteiger partial charge in [0.2, 0.25) is 0 Å². The molecule has 3 nitrogen and oxygen atoms in total. The second kappa shape index (κ2) is 4.97. The van der Waals surface area contributed by atoms with Crippen LogP contribution in [0.1, 0.15) is 26.2 Å². The first-order valence-corrected chi connectivity index (χ1v) is 5.23. The van der Waals surface area contributed by atoms with Crippen LogP contribution in [0.25, 0.3) is 0 Å². The lowest BCUT2D eigenvalue weighted by atomic mass is 10.1. The third kappa shape index (κ3) is 2.46. The molecular formula is C10H15N3S. The molecule has 0 aliphatic carbocycles. The van der Waals surface area contributed by atoms with E-state index in [1.54, 1.807) is 0 Å². The molecule has 0 atom stereocenters. The van der Waals surface area contributed by atoms with E-state index in [1.165, 1.54) is 19.3 Å². The van der Waals surface area contributed by atoms with Crippen molar-refractivity contribution in [1.29, 1.82) is 5.26 Å². The van der Waals surface area contributed by atoms with Gasteiger partial charge in [-0.2, -0.15) is 5.26 Å². The fraction of sp³-hybridized carbons (Fsp3) is 0.600. The van der Waals surface area contributed by atoms with Crippen molar-refractivity contribution in [3.8, 4) is 6.07 Å². The Morgan fingerprint density at radius 1 is 1.36 bits per heavy atom. The maximum absolute atomic E-state index is 8.90. The fourth-order valence-electron chi connectivity index (χ4n) is 1.70. The predicted octanol–water partition coefficient (Wildman–Crippen LogP) is 1.56. The molecule has 0 aromatic heterocycles. The zero-order valence-electron chi connectivity index (χ0n) is 8.42. The van der Waals surface area contributed by atoms with E-state index >= 15 is 0 Å². The Hall–Kier alpha value is -1.08. The summed E-state index contributed by atoms with van der Waals surface area (Å²) in [5, 5.41) is 8.90. The first-order valence-electron chi connectivity index (χ1n) is 4.82. The highest BCUT2D eigenvalue weighted by molar-refractivity contribution is 7.80. The molecule has 14 heavy (non-hydrogen) atoms. The summed E-state index contributed by atoms with van der Waals surface area (Å²) in [6.07, 6.45) is 3.65. The number of thiocarbonyl (C=S) groups is 1. The second-order valence-electron chi connectivity index (χ2n) is 3.48. The number of hydrogen-bond donors (Lipinski definition) is 1. The molecule has 1 aliphatic rings. The number of nitrogens with zero attached hydrogens (tertiary/aromatic N) is 2. The van der Waals surface area contributed by atoms with Gasteiger partial charge < -0.3 is 10.6 Å². The van der Waals surface area contributed by atoms with Gasteiger partial charge in [-0.25, -0.2) is 0 Å². The first kappa shape index (κ1) is 11.0. The predicted molar refractivity (Wildman–Crippen MR) is 60.5 cm³/mol. The van der Waals surface area contributed by atoms with Crippen molar-refractivity contribution in [2.45, 2.75) is 26.2 Å². The molecule has 1 heterocycles. The van der Waals surface area contributed by atoms with Gasteiger partial charge in [0.15, 0.2) is 0 Å². The number of likely N-dealkylation sites (tertiary alicyclic amines) is 1. The Labute approximate surface area is 90.2 Å². The van der Waals surface area contributed by atoms with E-state index in [2.05, 4.69) is 11.0 Å². The van der Waals surface area contributed by atoms with Gasteiger partial charge >= 0.3 is 0 Å². The van der Waals surface area contributed by atoms with Crippen LogP contribution in [-0.4, -0.2) is 23.0 Å². The third-order valence-corrected chi connectivity index (χ3v) is 2.75. The van der Waals surface area contributed by atoms with Crippen LogP contribution in [0, 0.1) is 11.3 Å². The van der Waals surface area contributed by atoms with Gasteiger partial charge in [0.05, 0.1) is 0 Å². The lowest BCUT2D eigenvalue weighted by molar-refractivity contribution is 0.285. The Bertz CT molecular complexity index is 295. The zero-order chi connectivity index (χ0) is 10.6. The van der Waals surface area contributed by atoms with E-state index in [1.807, 2.05) is 6.92 Å². The van der Waals surface area contributed by atoms with E-state index in [4.69, 9.17) is 23.2 Å². The number of hydrogen-bond acceptors (Lipinski definition) is 3. The van der Waals surface area contributed by atoms with Crippen molar-refractivity contribution in [3.05, 3.63) is 11.3 Å². The number of piperidine rings is 1. The third-order valence-electron chi connectivity index (χ3n) is 2.55. The molecule has 0 radical (unpaired) electrons. The zero-order valence-corrected chi connectivity index (χ0v) is 9.23. The minimum atomic E-state index is 0.204. The van der Waals surface area contributed by atoms with Crippen LogP contribution in [0.2, 0.25) is 0 Å². The van der Waals surface area contributed by atoms with Crippen molar-refractivity contribution < 1.29 is 0 Å². The molecule has 0 aromatic carbocycles.